The third-order valence-electron chi connectivity index (χ3n) is 6.38. The summed E-state index contributed by atoms with van der Waals surface area (Å²) < 4.78 is 11.3. The Hall–Kier alpha value is -2.40. The van der Waals surface area contributed by atoms with E-state index in [2.05, 4.69) is 19.2 Å². The third-order valence-corrected chi connectivity index (χ3v) is 6.38. The minimum absolute atomic E-state index is 0.0322. The lowest BCUT2D eigenvalue weighted by Crippen LogP contribution is -2.39. The highest BCUT2D eigenvalue weighted by Gasteiger charge is 2.43. The van der Waals surface area contributed by atoms with Gasteiger partial charge in [0.15, 0.2) is 5.78 Å². The van der Waals surface area contributed by atoms with E-state index in [0.717, 1.165) is 54.0 Å². The van der Waals surface area contributed by atoms with Gasteiger partial charge in [-0.2, -0.15) is 0 Å². The smallest absolute Gasteiger partial charge is 0.336 e. The first-order chi connectivity index (χ1) is 14.3. The topological polar surface area (TPSA) is 64.6 Å². The molecule has 0 amide bonds. The summed E-state index contributed by atoms with van der Waals surface area (Å²) in [6.45, 7) is 9.14. The molecule has 2 aliphatic heterocycles. The number of nitrogens with one attached hydrogen (secondary N) is 1. The molecule has 5 nitrogen and oxygen atoms in total. The van der Waals surface area contributed by atoms with Gasteiger partial charge in [-0.25, -0.2) is 4.79 Å². The number of hydrogen-bond donors (Lipinski definition) is 1. The van der Waals surface area contributed by atoms with Crippen molar-refractivity contribution in [3.63, 3.8) is 0 Å². The number of hydrogen-bond acceptors (Lipinski definition) is 5. The van der Waals surface area contributed by atoms with Crippen LogP contribution >= 0.6 is 0 Å². The van der Waals surface area contributed by atoms with Crippen LogP contribution in [0.1, 0.15) is 63.5 Å². The van der Waals surface area contributed by atoms with E-state index in [4.69, 9.17) is 9.47 Å². The summed E-state index contributed by atoms with van der Waals surface area (Å²) in [7, 11) is 0. The van der Waals surface area contributed by atoms with E-state index < -0.39 is 5.92 Å². The summed E-state index contributed by atoms with van der Waals surface area (Å²) in [6.07, 6.45) is 3.14. The second kappa shape index (κ2) is 8.03. The summed E-state index contributed by atoms with van der Waals surface area (Å²) in [4.78, 5) is 26.5. The number of Topliss-reactive ketones (excluding diaryl/α,β-unsaturated/α-hetero) is 1. The van der Waals surface area contributed by atoms with Crippen molar-refractivity contribution in [1.82, 2.24) is 5.32 Å². The highest BCUT2D eigenvalue weighted by molar-refractivity contribution is 6.04. The van der Waals surface area contributed by atoms with Crippen molar-refractivity contribution in [2.24, 2.45) is 5.41 Å². The molecule has 1 N–H and O–H groups in total. The van der Waals surface area contributed by atoms with Crippen molar-refractivity contribution in [3.8, 4) is 0 Å². The van der Waals surface area contributed by atoms with Crippen LogP contribution in [0.4, 0.5) is 0 Å². The molecule has 1 aromatic carbocycles. The Morgan fingerprint density at radius 3 is 2.70 bits per heavy atom. The van der Waals surface area contributed by atoms with E-state index in [1.165, 1.54) is 0 Å². The number of dihydropyridines is 1. The average molecular weight is 410 g/mol. The zero-order valence-electron chi connectivity index (χ0n) is 18.3. The first-order valence-corrected chi connectivity index (χ1v) is 10.8. The highest BCUT2D eigenvalue weighted by Crippen LogP contribution is 2.47. The number of carbonyl (C=O) groups is 2. The molecule has 0 saturated carbocycles. The molecule has 2 atom stereocenters. The van der Waals surface area contributed by atoms with E-state index in [9.17, 15) is 9.59 Å². The zero-order valence-corrected chi connectivity index (χ0v) is 18.3. The molecular formula is C25H31NO4. The van der Waals surface area contributed by atoms with Crippen molar-refractivity contribution >= 4 is 11.8 Å². The maximum atomic E-state index is 13.3. The van der Waals surface area contributed by atoms with Crippen LogP contribution in [0.15, 0.2) is 46.8 Å². The van der Waals surface area contributed by atoms with Crippen molar-refractivity contribution in [2.45, 2.75) is 65.4 Å². The Balaban J connectivity index is 1.73. The first-order valence-electron chi connectivity index (χ1n) is 10.8. The van der Waals surface area contributed by atoms with Crippen LogP contribution in [0.25, 0.3) is 0 Å². The van der Waals surface area contributed by atoms with Gasteiger partial charge >= 0.3 is 5.97 Å². The first kappa shape index (κ1) is 20.9. The maximum absolute atomic E-state index is 13.3. The van der Waals surface area contributed by atoms with Crippen molar-refractivity contribution < 1.29 is 19.1 Å². The molecule has 1 aliphatic carbocycles. The van der Waals surface area contributed by atoms with Gasteiger partial charge in [0.2, 0.25) is 0 Å². The van der Waals surface area contributed by atoms with Crippen LogP contribution in [0.2, 0.25) is 0 Å². The molecule has 0 unspecified atom stereocenters. The van der Waals surface area contributed by atoms with Gasteiger partial charge < -0.3 is 14.8 Å². The van der Waals surface area contributed by atoms with Gasteiger partial charge in [0.25, 0.3) is 0 Å². The van der Waals surface area contributed by atoms with Gasteiger partial charge in [-0.1, -0.05) is 38.1 Å². The quantitative estimate of drug-likeness (QED) is 0.750. The summed E-state index contributed by atoms with van der Waals surface area (Å²) in [5.74, 6) is -0.657. The standard InChI is InChI=1S/C25H31NO4/c1-15-8-5-6-10-18(15)22-21(24(28)30-14-17-9-7-11-29-17)16(2)26-19-12-25(3,4)13-20(27)23(19)22/h5-6,8,10,17,22,26H,7,9,11-14H2,1-4H3/t17-,22+/m0/s1. The lowest BCUT2D eigenvalue weighted by molar-refractivity contribution is -0.142. The van der Waals surface area contributed by atoms with Gasteiger partial charge in [0.1, 0.15) is 6.61 Å². The number of aryl methyl sites for hydroxylation is 1. The molecule has 160 valence electrons. The molecule has 3 aliphatic rings. The fourth-order valence-corrected chi connectivity index (χ4v) is 4.95. The number of allylic oxidation sites excluding steroid dienone is 3. The van der Waals surface area contributed by atoms with Crippen molar-refractivity contribution in [3.05, 3.63) is 57.9 Å². The van der Waals surface area contributed by atoms with E-state index in [-0.39, 0.29) is 29.9 Å². The average Bonchev–Trinajstić information content (AvgIpc) is 3.18. The fourth-order valence-electron chi connectivity index (χ4n) is 4.95. The van der Waals surface area contributed by atoms with Crippen LogP contribution in [0, 0.1) is 12.3 Å². The van der Waals surface area contributed by atoms with Crippen LogP contribution in [0.5, 0.6) is 0 Å². The molecule has 30 heavy (non-hydrogen) atoms. The number of benzene rings is 1. The zero-order chi connectivity index (χ0) is 21.5. The summed E-state index contributed by atoms with van der Waals surface area (Å²) in [6, 6.07) is 7.99. The number of esters is 1. The Morgan fingerprint density at radius 2 is 2.00 bits per heavy atom. The van der Waals surface area contributed by atoms with Gasteiger partial charge in [0.05, 0.1) is 11.7 Å². The predicted molar refractivity (Wildman–Crippen MR) is 115 cm³/mol. The molecule has 5 heteroatoms. The molecule has 1 fully saturated rings. The molecule has 1 aromatic rings. The Bertz CT molecular complexity index is 934. The molecule has 0 radical (unpaired) electrons. The normalized spacial score (nSPS) is 25.8. The number of ether oxygens (including phenoxy) is 2. The Kier molecular flexibility index (Phi) is 5.58. The molecule has 2 heterocycles. The van der Waals surface area contributed by atoms with Gasteiger partial charge in [-0.3, -0.25) is 4.79 Å². The van der Waals surface area contributed by atoms with E-state index in [0.29, 0.717) is 12.0 Å². The predicted octanol–water partition coefficient (Wildman–Crippen LogP) is 4.32. The summed E-state index contributed by atoms with van der Waals surface area (Å²) in [5.41, 5.74) is 4.92. The van der Waals surface area contributed by atoms with Gasteiger partial charge in [-0.15, -0.1) is 0 Å². The number of ketones is 1. The van der Waals surface area contributed by atoms with E-state index in [1.807, 2.05) is 38.1 Å². The molecule has 0 aromatic heterocycles. The van der Waals surface area contributed by atoms with E-state index in [1.54, 1.807) is 0 Å². The van der Waals surface area contributed by atoms with Crippen LogP contribution in [-0.2, 0) is 19.1 Å². The monoisotopic (exact) mass is 409 g/mol. The minimum atomic E-state index is -0.400. The summed E-state index contributed by atoms with van der Waals surface area (Å²) >= 11 is 0. The fraction of sp³-hybridized carbons (Fsp3) is 0.520. The molecular weight excluding hydrogens is 378 g/mol. The van der Waals surface area contributed by atoms with Gasteiger partial charge in [0, 0.05) is 35.9 Å². The van der Waals surface area contributed by atoms with Crippen molar-refractivity contribution in [1.29, 1.82) is 0 Å². The Labute approximate surface area is 178 Å². The second-order valence-corrected chi connectivity index (χ2v) is 9.52. The number of carbonyl (C=O) groups excluding carboxylic acids is 2. The molecule has 0 spiro atoms. The SMILES string of the molecule is CC1=C(C(=O)OC[C@@H]2CCCO2)[C@@H](c2ccccc2C)C2=C(CC(C)(C)CC2=O)N1. The van der Waals surface area contributed by atoms with Gasteiger partial charge in [-0.05, 0) is 49.7 Å². The maximum Gasteiger partial charge on any atom is 0.336 e. The molecule has 1 saturated heterocycles. The molecule has 0 bridgehead atoms. The van der Waals surface area contributed by atoms with Crippen LogP contribution in [0.3, 0.4) is 0 Å². The van der Waals surface area contributed by atoms with Crippen LogP contribution < -0.4 is 5.32 Å². The summed E-state index contributed by atoms with van der Waals surface area (Å²) in [5, 5.41) is 3.39. The Morgan fingerprint density at radius 1 is 1.23 bits per heavy atom. The third kappa shape index (κ3) is 3.95. The highest BCUT2D eigenvalue weighted by atomic mass is 16.6. The lowest BCUT2D eigenvalue weighted by atomic mass is 9.68. The van der Waals surface area contributed by atoms with Crippen LogP contribution in [-0.4, -0.2) is 31.1 Å². The lowest BCUT2D eigenvalue weighted by Gasteiger charge is -2.39. The largest absolute Gasteiger partial charge is 0.459 e. The van der Waals surface area contributed by atoms with E-state index >= 15 is 0 Å². The second-order valence-electron chi connectivity index (χ2n) is 9.52. The molecule has 4 rings (SSSR count). The van der Waals surface area contributed by atoms with Crippen molar-refractivity contribution in [2.75, 3.05) is 13.2 Å². The minimum Gasteiger partial charge on any atom is -0.459 e. The number of rotatable bonds is 4.